The Morgan fingerprint density at radius 2 is 1.81 bits per heavy atom. The number of likely N-dealkylation sites (N-methyl/N-ethyl adjacent to an activating group) is 1. The van der Waals surface area contributed by atoms with Crippen molar-refractivity contribution in [2.75, 3.05) is 25.0 Å². The van der Waals surface area contributed by atoms with Gasteiger partial charge in [-0.25, -0.2) is 0 Å². The lowest BCUT2D eigenvalue weighted by Crippen LogP contribution is -2.61. The molecule has 1 unspecified atom stereocenters. The summed E-state index contributed by atoms with van der Waals surface area (Å²) in [6, 6.07) is 17.9. The van der Waals surface area contributed by atoms with Gasteiger partial charge >= 0.3 is 0 Å². The zero-order valence-electron chi connectivity index (χ0n) is 21.7. The predicted molar refractivity (Wildman–Crippen MR) is 148 cm³/mol. The van der Waals surface area contributed by atoms with Crippen LogP contribution >= 0.6 is 0 Å². The van der Waals surface area contributed by atoms with Gasteiger partial charge in [-0.05, 0) is 62.4 Å². The first kappa shape index (κ1) is 24.6. The standard InChI is InChI=1S/C30H32N4O3/c1-19(2)27(35)31-15-8-16-32-28(36)21-11-13-22-20(17-21)12-14-25-26(22)33-18-30(37-25)29(3,4)23-9-6-7-10-24(23)34(30)5/h6-7,9-14,17-18H,1,8,15-16H2,2-5H3,(H,31,35)(H,32,36). The van der Waals surface area contributed by atoms with Crippen molar-refractivity contribution in [1.82, 2.24) is 10.6 Å². The first-order valence-electron chi connectivity index (χ1n) is 12.5. The van der Waals surface area contributed by atoms with E-state index in [2.05, 4.69) is 54.2 Å². The molecule has 2 aliphatic heterocycles. The molecular weight excluding hydrogens is 464 g/mol. The summed E-state index contributed by atoms with van der Waals surface area (Å²) in [5.41, 5.74) is 3.12. The van der Waals surface area contributed by atoms with E-state index in [9.17, 15) is 9.59 Å². The van der Waals surface area contributed by atoms with Crippen LogP contribution in [-0.2, 0) is 10.2 Å². The van der Waals surface area contributed by atoms with Crippen LogP contribution in [0.2, 0.25) is 0 Å². The number of carbonyl (C=O) groups is 2. The maximum Gasteiger partial charge on any atom is 0.251 e. The van der Waals surface area contributed by atoms with Crippen molar-refractivity contribution in [3.05, 3.63) is 77.9 Å². The second-order valence-corrected chi connectivity index (χ2v) is 10.3. The molecule has 0 saturated carbocycles. The molecule has 1 spiro atoms. The van der Waals surface area contributed by atoms with E-state index in [1.807, 2.05) is 49.7 Å². The van der Waals surface area contributed by atoms with Gasteiger partial charge in [-0.1, -0.05) is 36.9 Å². The number of nitrogens with one attached hydrogen (secondary N) is 2. The molecule has 0 aromatic heterocycles. The van der Waals surface area contributed by atoms with E-state index in [0.717, 1.165) is 27.9 Å². The van der Waals surface area contributed by atoms with Gasteiger partial charge in [0, 0.05) is 42.3 Å². The van der Waals surface area contributed by atoms with Crippen LogP contribution in [0.1, 0.15) is 43.1 Å². The fraction of sp³-hybridized carbons (Fsp3) is 0.300. The van der Waals surface area contributed by atoms with Gasteiger partial charge in [0.2, 0.25) is 11.6 Å². The number of para-hydroxylation sites is 1. The van der Waals surface area contributed by atoms with E-state index in [0.29, 0.717) is 30.6 Å². The third-order valence-electron chi connectivity index (χ3n) is 7.50. The highest BCUT2D eigenvalue weighted by molar-refractivity contribution is 6.04. The molecule has 1 atom stereocenters. The average molecular weight is 497 g/mol. The lowest BCUT2D eigenvalue weighted by atomic mass is 9.77. The minimum atomic E-state index is -0.735. The Morgan fingerprint density at radius 1 is 1.05 bits per heavy atom. The summed E-state index contributed by atoms with van der Waals surface area (Å²) in [5.74, 6) is 0.391. The number of aliphatic imine (C=N–C) groups is 1. The van der Waals surface area contributed by atoms with E-state index in [4.69, 9.17) is 9.73 Å². The Labute approximate surface area is 217 Å². The van der Waals surface area contributed by atoms with Crippen molar-refractivity contribution in [2.45, 2.75) is 38.3 Å². The largest absolute Gasteiger partial charge is 0.459 e. The molecule has 37 heavy (non-hydrogen) atoms. The highest BCUT2D eigenvalue weighted by atomic mass is 16.5. The average Bonchev–Trinajstić information content (AvgIpc) is 3.05. The van der Waals surface area contributed by atoms with Crippen molar-refractivity contribution >= 4 is 40.2 Å². The molecule has 2 N–H and O–H groups in total. The van der Waals surface area contributed by atoms with Gasteiger partial charge in [0.05, 0.1) is 11.6 Å². The van der Waals surface area contributed by atoms with E-state index < -0.39 is 5.72 Å². The van der Waals surface area contributed by atoms with E-state index in [1.54, 1.807) is 6.92 Å². The summed E-state index contributed by atoms with van der Waals surface area (Å²) >= 11 is 0. The second kappa shape index (κ2) is 9.07. The molecule has 5 rings (SSSR count). The molecule has 2 heterocycles. The Morgan fingerprint density at radius 3 is 2.57 bits per heavy atom. The van der Waals surface area contributed by atoms with Crippen LogP contribution in [0.5, 0.6) is 5.75 Å². The molecule has 0 bridgehead atoms. The highest BCUT2D eigenvalue weighted by Crippen LogP contribution is 2.54. The van der Waals surface area contributed by atoms with Gasteiger partial charge in [-0.3, -0.25) is 14.6 Å². The summed E-state index contributed by atoms with van der Waals surface area (Å²) < 4.78 is 6.75. The number of nitrogens with zero attached hydrogens (tertiary/aromatic N) is 2. The number of carbonyl (C=O) groups excluding carboxylic acids is 2. The molecule has 3 aromatic rings. The fourth-order valence-electron chi connectivity index (χ4n) is 5.27. The van der Waals surface area contributed by atoms with Crippen LogP contribution in [-0.4, -0.2) is 43.9 Å². The molecule has 7 heteroatoms. The normalized spacial score (nSPS) is 18.8. The molecule has 0 aliphatic carbocycles. The molecule has 0 fully saturated rings. The maximum absolute atomic E-state index is 12.7. The summed E-state index contributed by atoms with van der Waals surface area (Å²) in [7, 11) is 2.05. The van der Waals surface area contributed by atoms with Gasteiger partial charge < -0.3 is 20.3 Å². The van der Waals surface area contributed by atoms with Crippen LogP contribution in [0.3, 0.4) is 0 Å². The van der Waals surface area contributed by atoms with Crippen molar-refractivity contribution in [3.63, 3.8) is 0 Å². The molecular formula is C30H32N4O3. The third-order valence-corrected chi connectivity index (χ3v) is 7.50. The second-order valence-electron chi connectivity index (χ2n) is 10.3. The fourth-order valence-corrected chi connectivity index (χ4v) is 5.27. The zero-order chi connectivity index (χ0) is 26.4. The summed E-state index contributed by atoms with van der Waals surface area (Å²) in [6.45, 7) is 10.6. The van der Waals surface area contributed by atoms with Crippen LogP contribution in [0.4, 0.5) is 11.4 Å². The monoisotopic (exact) mass is 496 g/mol. The van der Waals surface area contributed by atoms with Crippen LogP contribution in [0.15, 0.2) is 71.7 Å². The summed E-state index contributed by atoms with van der Waals surface area (Å²) in [4.78, 5) is 31.3. The van der Waals surface area contributed by atoms with Gasteiger partial charge in [0.15, 0.2) is 0 Å². The minimum Gasteiger partial charge on any atom is -0.459 e. The van der Waals surface area contributed by atoms with Gasteiger partial charge in [-0.15, -0.1) is 0 Å². The van der Waals surface area contributed by atoms with Crippen molar-refractivity contribution in [1.29, 1.82) is 0 Å². The first-order chi connectivity index (χ1) is 17.7. The molecule has 3 aromatic carbocycles. The van der Waals surface area contributed by atoms with Crippen LogP contribution < -0.4 is 20.3 Å². The number of anilines is 1. The van der Waals surface area contributed by atoms with E-state index in [-0.39, 0.29) is 17.2 Å². The Balaban J connectivity index is 1.33. The van der Waals surface area contributed by atoms with Crippen LogP contribution in [0, 0.1) is 0 Å². The number of rotatable bonds is 6. The van der Waals surface area contributed by atoms with Crippen LogP contribution in [0.25, 0.3) is 10.8 Å². The van der Waals surface area contributed by atoms with E-state index in [1.165, 1.54) is 5.56 Å². The highest BCUT2D eigenvalue weighted by Gasteiger charge is 2.58. The number of hydrogen-bond acceptors (Lipinski definition) is 5. The Kier molecular flexibility index (Phi) is 6.02. The maximum atomic E-state index is 12.7. The number of ether oxygens (including phenoxy) is 1. The number of benzene rings is 3. The predicted octanol–water partition coefficient (Wildman–Crippen LogP) is 4.87. The lowest BCUT2D eigenvalue weighted by molar-refractivity contribution is -0.117. The topological polar surface area (TPSA) is 83.0 Å². The first-order valence-corrected chi connectivity index (χ1v) is 12.5. The SMILES string of the molecule is C=C(C)C(=O)NCCCNC(=O)c1ccc2c3c(ccc2c1)OC1(C=N3)N(C)c2ccccc2C1(C)C. The lowest BCUT2D eigenvalue weighted by Gasteiger charge is -2.45. The number of hydrogen-bond donors (Lipinski definition) is 2. The molecule has 0 saturated heterocycles. The number of fused-ring (bicyclic) bond motifs is 4. The van der Waals surface area contributed by atoms with Gasteiger partial charge in [-0.2, -0.15) is 0 Å². The Hall–Kier alpha value is -4.13. The molecule has 2 amide bonds. The third kappa shape index (κ3) is 3.95. The quantitative estimate of drug-likeness (QED) is 0.377. The summed E-state index contributed by atoms with van der Waals surface area (Å²) in [5, 5.41) is 7.52. The van der Waals surface area contributed by atoms with Gasteiger partial charge in [0.1, 0.15) is 11.4 Å². The van der Waals surface area contributed by atoms with Gasteiger partial charge in [0.25, 0.3) is 5.91 Å². The zero-order valence-corrected chi connectivity index (χ0v) is 21.7. The summed E-state index contributed by atoms with van der Waals surface area (Å²) in [6.07, 6.45) is 2.55. The Bertz CT molecular complexity index is 1460. The van der Waals surface area contributed by atoms with Crippen molar-refractivity contribution < 1.29 is 14.3 Å². The minimum absolute atomic E-state index is 0.156. The molecule has 2 aliphatic rings. The smallest absolute Gasteiger partial charge is 0.251 e. The molecule has 0 radical (unpaired) electrons. The number of amides is 2. The van der Waals surface area contributed by atoms with Crippen molar-refractivity contribution in [2.24, 2.45) is 4.99 Å². The van der Waals surface area contributed by atoms with E-state index >= 15 is 0 Å². The molecule has 7 nitrogen and oxygen atoms in total. The van der Waals surface area contributed by atoms with Crippen molar-refractivity contribution in [3.8, 4) is 5.75 Å². The molecule has 190 valence electrons.